The fraction of sp³-hybridized carbons (Fsp3) is 0.869. The molecular formula is C107H218N14O12. The van der Waals surface area contributed by atoms with Crippen molar-refractivity contribution in [3.63, 3.8) is 0 Å². The molecule has 3 N–H and O–H groups in total. The van der Waals surface area contributed by atoms with Gasteiger partial charge >= 0.3 is 0 Å². The van der Waals surface area contributed by atoms with Gasteiger partial charge in [-0.3, -0.25) is 63.2 Å². The number of aliphatic hydroxyl groups excluding tert-OH is 3. The van der Waals surface area contributed by atoms with Crippen LogP contribution in [0.25, 0.3) is 0 Å². The lowest BCUT2D eigenvalue weighted by Gasteiger charge is -2.46. The van der Waals surface area contributed by atoms with Crippen LogP contribution in [0, 0.1) is 44.8 Å². The predicted octanol–water partition coefficient (Wildman–Crippen LogP) is 19.5. The molecule has 2 aromatic heterocycles. The van der Waals surface area contributed by atoms with E-state index in [4.69, 9.17) is 24.2 Å². The van der Waals surface area contributed by atoms with E-state index in [1.54, 1.807) is 23.4 Å². The van der Waals surface area contributed by atoms with Gasteiger partial charge in [0.2, 0.25) is 35.4 Å². The molecular weight excluding hydrogens is 1670 g/mol. The van der Waals surface area contributed by atoms with Gasteiger partial charge in [0, 0.05) is 187 Å². The lowest BCUT2D eigenvalue weighted by Crippen LogP contribution is -2.57. The Morgan fingerprint density at radius 1 is 0.489 bits per heavy atom. The van der Waals surface area contributed by atoms with Crippen LogP contribution in [-0.4, -0.2) is 333 Å². The fourth-order valence-electron chi connectivity index (χ4n) is 14.7. The van der Waals surface area contributed by atoms with Gasteiger partial charge in [0.1, 0.15) is 5.76 Å². The van der Waals surface area contributed by atoms with Crippen molar-refractivity contribution in [1.29, 1.82) is 0 Å². The predicted molar refractivity (Wildman–Crippen MR) is 565 cm³/mol. The monoisotopic (exact) mass is 1890 g/mol. The number of amides is 6. The summed E-state index contributed by atoms with van der Waals surface area (Å²) >= 11 is 0. The van der Waals surface area contributed by atoms with Crippen LogP contribution in [0.15, 0.2) is 35.1 Å². The molecule has 3 aliphatic heterocycles. The zero-order valence-electron chi connectivity index (χ0n) is 90.7. The van der Waals surface area contributed by atoms with Gasteiger partial charge in [0.15, 0.2) is 5.82 Å². The minimum Gasteiger partial charge on any atom is -0.394 e. The number of β-amino-alcohol motifs (C(OH)–C–C–N with tert-alkyl or cyclic N) is 1. The van der Waals surface area contributed by atoms with Gasteiger partial charge in [0.05, 0.1) is 57.6 Å². The number of likely N-dealkylation sites (N-methyl/N-ethyl adjacent to an activating group) is 3. The third kappa shape index (κ3) is 51.5. The Kier molecular flexibility index (Phi) is 60.5. The SMILES string of the molecule is C.C.C.C.C.CC(C)(C)C(=O)N(CCOCCO)C1CCCN(C(C)(C)C)C1.CC(C)N(CC1CC(O)CN1C(C)(C)C)C(=O)C(C)(C)C.CN(C1CCCN(C(=O)C(C)(C)C)C1)C(C)(C)C.CN(CC(C)(C)CN(CCOCCO)C(=O)C(C)(C)C)C(C)(C)C.CN(CCN(C(=O)C(C)(C)C)c1cccnc1)C(C)(C)C.Cc1cc(N(CCN(C)C(C)(C)C)C(=O)C(C)(C)C)no1. The van der Waals surface area contributed by atoms with E-state index in [9.17, 15) is 33.9 Å². The van der Waals surface area contributed by atoms with Crippen LogP contribution in [0.1, 0.15) is 352 Å². The highest BCUT2D eigenvalue weighted by Crippen LogP contribution is 2.34. The van der Waals surface area contributed by atoms with E-state index in [1.165, 1.54) is 6.42 Å². The molecule has 5 heterocycles. The number of likely N-dealkylation sites (tertiary alicyclic amines) is 3. The summed E-state index contributed by atoms with van der Waals surface area (Å²) in [5.41, 5.74) is -0.901. The number of anilines is 2. The number of aromatic nitrogens is 2. The first kappa shape index (κ1) is 138. The Bertz CT molecular complexity index is 3540. The second kappa shape index (κ2) is 58.1. The fourth-order valence-corrected chi connectivity index (χ4v) is 14.7. The summed E-state index contributed by atoms with van der Waals surface area (Å²) in [4.78, 5) is 106. The van der Waals surface area contributed by atoms with Crippen molar-refractivity contribution in [2.75, 3.05) is 169 Å². The molecule has 5 rings (SSSR count). The summed E-state index contributed by atoms with van der Waals surface area (Å²) in [6, 6.07) is 6.75. The van der Waals surface area contributed by atoms with Crippen LogP contribution in [0.3, 0.4) is 0 Å². The molecule has 0 saturated carbocycles. The molecule has 0 aromatic carbocycles. The lowest BCUT2D eigenvalue weighted by molar-refractivity contribution is -0.145. The van der Waals surface area contributed by atoms with E-state index in [0.717, 1.165) is 77.2 Å². The van der Waals surface area contributed by atoms with E-state index >= 15 is 0 Å². The van der Waals surface area contributed by atoms with Crippen molar-refractivity contribution >= 4 is 46.9 Å². The Morgan fingerprint density at radius 3 is 1.31 bits per heavy atom. The molecule has 0 bridgehead atoms. The number of aryl methyl sites for hydroxylation is 1. The zero-order chi connectivity index (χ0) is 100. The van der Waals surface area contributed by atoms with E-state index in [1.807, 2.05) is 163 Å². The summed E-state index contributed by atoms with van der Waals surface area (Å²) in [5, 5.41) is 31.7. The molecule has 0 aliphatic carbocycles. The molecule has 6 amide bonds. The van der Waals surface area contributed by atoms with Crippen LogP contribution in [0.5, 0.6) is 0 Å². The second-order valence-electron chi connectivity index (χ2n) is 49.4. The van der Waals surface area contributed by atoms with E-state index in [2.05, 4.69) is 225 Å². The minimum atomic E-state index is -0.451. The van der Waals surface area contributed by atoms with Crippen molar-refractivity contribution in [2.45, 2.75) is 417 Å². The van der Waals surface area contributed by atoms with Crippen LogP contribution in [0.4, 0.5) is 11.5 Å². The summed E-state index contributed by atoms with van der Waals surface area (Å²) in [7, 11) is 8.45. The highest BCUT2D eigenvalue weighted by atomic mass is 16.5. The molecule has 0 radical (unpaired) electrons. The average Bonchev–Trinajstić information content (AvgIpc) is 1.76. The van der Waals surface area contributed by atoms with E-state index in [0.29, 0.717) is 89.9 Å². The van der Waals surface area contributed by atoms with Gasteiger partial charge in [0.25, 0.3) is 0 Å². The molecule has 133 heavy (non-hydrogen) atoms. The second-order valence-corrected chi connectivity index (χ2v) is 49.4. The van der Waals surface area contributed by atoms with Crippen LogP contribution in [0.2, 0.25) is 0 Å². The normalized spacial score (nSPS) is 16.9. The first-order valence-corrected chi connectivity index (χ1v) is 47.7. The van der Waals surface area contributed by atoms with Gasteiger partial charge in [-0.1, -0.05) is 181 Å². The topological polar surface area (TPSA) is 259 Å². The molecule has 26 heteroatoms. The molecule has 3 saturated heterocycles. The summed E-state index contributed by atoms with van der Waals surface area (Å²) in [6.45, 7) is 97.6. The van der Waals surface area contributed by atoms with Crippen LogP contribution < -0.4 is 9.80 Å². The van der Waals surface area contributed by atoms with Gasteiger partial charge in [-0.05, 0) is 230 Å². The number of ether oxygens (including phenoxy) is 2. The van der Waals surface area contributed by atoms with E-state index in [-0.39, 0.29) is 165 Å². The number of rotatable bonds is 27. The Morgan fingerprint density at radius 2 is 0.925 bits per heavy atom. The third-order valence-electron chi connectivity index (χ3n) is 23.8. The maximum Gasteiger partial charge on any atom is 0.233 e. The number of aliphatic hydroxyl groups is 3. The highest BCUT2D eigenvalue weighted by molar-refractivity contribution is 5.97. The molecule has 4 atom stereocenters. The van der Waals surface area contributed by atoms with Crippen molar-refractivity contribution in [3.05, 3.63) is 36.4 Å². The molecule has 3 fully saturated rings. The van der Waals surface area contributed by atoms with Crippen LogP contribution in [-0.2, 0) is 38.2 Å². The number of piperidine rings is 2. The highest BCUT2D eigenvalue weighted by Gasteiger charge is 2.43. The largest absolute Gasteiger partial charge is 0.394 e. The Labute approximate surface area is 820 Å². The summed E-state index contributed by atoms with van der Waals surface area (Å²) in [6.07, 6.45) is 8.42. The van der Waals surface area contributed by atoms with Crippen molar-refractivity contribution in [1.82, 2.24) is 59.1 Å². The zero-order valence-corrected chi connectivity index (χ0v) is 90.7. The van der Waals surface area contributed by atoms with Crippen molar-refractivity contribution in [2.24, 2.45) is 37.9 Å². The number of carbonyl (C=O) groups excluding carboxylic acids is 6. The quantitative estimate of drug-likeness (QED) is 0.0702. The van der Waals surface area contributed by atoms with Crippen molar-refractivity contribution < 1.29 is 58.1 Å². The molecule has 788 valence electrons. The standard InChI is InChI=1S/C19H40N2O3.C18H36N2O3.C17H29N3O.C17H34N2O2.C16H29N3O2.C15H30N2O.5CH4/c1-17(2,3)16(23)21(10-12-24-13-11-22)15-19(7,8)14-20(9)18(4,5)6;1-17(2,3)16(22)20(10-12-23-13-11-21)15-8-7-9-19(14-15)18(4,5)6;1-16(2,3)15(21)20(14-9-8-10-18-13-14)12-11-19(7)17(4,5)6;1-12(2)18(15(21)16(3,4)5)10-13-9-14(20)11-19(13)17(6,7)8;1-12-11-13(17-21-12)19(14(20)15(2,3)4)10-9-18(8)16(5,6)7;1-14(2,3)13(18)17-10-8-9-12(11-17)16(7)15(4,5)6;;;;;/h22H,10-15H2,1-9H3;15,21H,7-14H2,1-6H3;8-10,13H,11-12H2,1-7H3;12-14,20H,9-11H2,1-8H3;11H,9-10H2,1-8H3;12H,8-11H2,1-7H3;5*1H4. The summed E-state index contributed by atoms with van der Waals surface area (Å²) < 4.78 is 15.9. The van der Waals surface area contributed by atoms with Gasteiger partial charge in [-0.2, -0.15) is 0 Å². The van der Waals surface area contributed by atoms with Gasteiger partial charge in [-0.15, -0.1) is 0 Å². The Hall–Kier alpha value is -5.26. The smallest absolute Gasteiger partial charge is 0.233 e. The third-order valence-corrected chi connectivity index (χ3v) is 23.8. The minimum absolute atomic E-state index is 0. The first-order valence-electron chi connectivity index (χ1n) is 47.7. The number of nitrogens with zero attached hydrogens (tertiary/aromatic N) is 14. The number of hydrogen-bond acceptors (Lipinski definition) is 20. The molecule has 26 nitrogen and oxygen atoms in total. The summed E-state index contributed by atoms with van der Waals surface area (Å²) in [5.74, 6) is 2.28. The lowest BCUT2D eigenvalue weighted by atomic mass is 9.88. The maximum absolute atomic E-state index is 12.9. The van der Waals surface area contributed by atoms with E-state index < -0.39 is 16.2 Å². The molecule has 3 aliphatic rings. The first-order chi connectivity index (χ1) is 57.6. The van der Waals surface area contributed by atoms with Gasteiger partial charge < -0.3 is 58.7 Å². The number of pyridine rings is 1. The van der Waals surface area contributed by atoms with Crippen molar-refractivity contribution in [3.8, 4) is 0 Å². The molecule has 0 spiro atoms. The Balaban J connectivity index is -0.000000362. The molecule has 2 aromatic rings. The number of carbonyl (C=O) groups is 6. The van der Waals surface area contributed by atoms with Crippen LogP contribution >= 0.6 is 0 Å². The average molecular weight is 1890 g/mol. The van der Waals surface area contributed by atoms with Gasteiger partial charge in [-0.25, -0.2) is 0 Å². The number of hydrogen-bond donors (Lipinski definition) is 3. The maximum atomic E-state index is 12.9. The molecule has 4 unspecified atom stereocenters.